The second kappa shape index (κ2) is 9.79. The fourth-order valence-corrected chi connectivity index (χ4v) is 2.72. The molecule has 3 aromatic heterocycles. The molecule has 12 heteroatoms. The highest BCUT2D eigenvalue weighted by Gasteiger charge is 2.13. The van der Waals surface area contributed by atoms with Crippen LogP contribution in [-0.2, 0) is 6.61 Å². The van der Waals surface area contributed by atoms with Gasteiger partial charge in [-0.2, -0.15) is 4.98 Å². The zero-order valence-corrected chi connectivity index (χ0v) is 18.0. The molecule has 166 valence electrons. The lowest BCUT2D eigenvalue weighted by molar-refractivity contribution is 0.0696. The van der Waals surface area contributed by atoms with Crippen LogP contribution in [0.3, 0.4) is 0 Å². The number of benzene rings is 1. The van der Waals surface area contributed by atoms with Gasteiger partial charge in [-0.3, -0.25) is 10.00 Å². The van der Waals surface area contributed by atoms with Gasteiger partial charge < -0.3 is 19.7 Å². The maximum Gasteiger partial charge on any atom is 0.335 e. The standard InChI is InChI=1S/C20H19N7O4.ClH/c1-12-8-18(31-26-12)27(2)20-21-7-6-15(23-20)22-16-10-17(25-24-16)30-11-13-4-3-5-14(9-13)19(28)29;/h3-10H,11H2,1-2H3,(H,28,29)(H2,21,22,23,24,25);1H. The molecule has 4 aromatic rings. The summed E-state index contributed by atoms with van der Waals surface area (Å²) in [7, 11) is 1.78. The molecule has 0 bridgehead atoms. The van der Waals surface area contributed by atoms with Gasteiger partial charge >= 0.3 is 5.97 Å². The summed E-state index contributed by atoms with van der Waals surface area (Å²) in [4.78, 5) is 21.4. The Morgan fingerprint density at radius 1 is 1.28 bits per heavy atom. The van der Waals surface area contributed by atoms with E-state index >= 15 is 0 Å². The molecule has 32 heavy (non-hydrogen) atoms. The summed E-state index contributed by atoms with van der Waals surface area (Å²) in [5.74, 6) is 1.43. The number of ether oxygens (including phenoxy) is 1. The van der Waals surface area contributed by atoms with Crippen LogP contribution in [0.5, 0.6) is 5.88 Å². The van der Waals surface area contributed by atoms with Crippen molar-refractivity contribution in [1.29, 1.82) is 0 Å². The molecule has 0 atom stereocenters. The number of hydrogen-bond donors (Lipinski definition) is 3. The molecule has 0 fully saturated rings. The molecule has 0 radical (unpaired) electrons. The zero-order valence-electron chi connectivity index (χ0n) is 17.1. The number of anilines is 4. The van der Waals surface area contributed by atoms with E-state index < -0.39 is 5.97 Å². The first kappa shape index (κ1) is 22.6. The van der Waals surface area contributed by atoms with E-state index in [1.807, 2.05) is 6.92 Å². The summed E-state index contributed by atoms with van der Waals surface area (Å²) < 4.78 is 10.9. The molecule has 0 saturated carbocycles. The van der Waals surface area contributed by atoms with Crippen LogP contribution in [0.2, 0.25) is 0 Å². The molecular weight excluding hydrogens is 438 g/mol. The Balaban J connectivity index is 0.00000289. The van der Waals surface area contributed by atoms with E-state index in [4.69, 9.17) is 14.4 Å². The normalized spacial score (nSPS) is 10.3. The Morgan fingerprint density at radius 3 is 2.88 bits per heavy atom. The Bertz CT molecular complexity index is 1210. The Morgan fingerprint density at radius 2 is 2.12 bits per heavy atom. The first-order valence-electron chi connectivity index (χ1n) is 9.25. The Labute approximate surface area is 188 Å². The lowest BCUT2D eigenvalue weighted by Crippen LogP contribution is -2.12. The van der Waals surface area contributed by atoms with E-state index in [2.05, 4.69) is 30.6 Å². The molecule has 3 N–H and O–H groups in total. The van der Waals surface area contributed by atoms with Gasteiger partial charge in [0.25, 0.3) is 0 Å². The summed E-state index contributed by atoms with van der Waals surface area (Å²) >= 11 is 0. The van der Waals surface area contributed by atoms with Crippen LogP contribution < -0.4 is 15.0 Å². The molecule has 0 saturated heterocycles. The van der Waals surface area contributed by atoms with Gasteiger partial charge in [0, 0.05) is 25.4 Å². The molecule has 0 aliphatic carbocycles. The number of carboxylic acids is 1. The van der Waals surface area contributed by atoms with Crippen molar-refractivity contribution in [3.05, 3.63) is 65.5 Å². The van der Waals surface area contributed by atoms with E-state index in [0.717, 1.165) is 11.3 Å². The monoisotopic (exact) mass is 457 g/mol. The number of aromatic nitrogens is 5. The van der Waals surface area contributed by atoms with Crippen molar-refractivity contribution in [2.75, 3.05) is 17.3 Å². The molecule has 0 amide bonds. The summed E-state index contributed by atoms with van der Waals surface area (Å²) in [5, 5.41) is 22.9. The van der Waals surface area contributed by atoms with Crippen LogP contribution >= 0.6 is 12.4 Å². The number of carbonyl (C=O) groups is 1. The molecule has 1 aromatic carbocycles. The van der Waals surface area contributed by atoms with E-state index in [1.165, 1.54) is 6.07 Å². The van der Waals surface area contributed by atoms with Gasteiger partial charge in [0.15, 0.2) is 0 Å². The molecule has 11 nitrogen and oxygen atoms in total. The molecule has 3 heterocycles. The second-order valence-electron chi connectivity index (χ2n) is 6.65. The third kappa shape index (κ3) is 5.32. The average Bonchev–Trinajstić information content (AvgIpc) is 3.41. The minimum absolute atomic E-state index is 0. The molecule has 0 aliphatic rings. The van der Waals surface area contributed by atoms with Crippen LogP contribution in [0.4, 0.5) is 23.5 Å². The van der Waals surface area contributed by atoms with Crippen molar-refractivity contribution >= 4 is 41.8 Å². The topological polar surface area (TPSA) is 142 Å². The SMILES string of the molecule is Cc1cc(N(C)c2nccc(Nc3cc(OCc4cccc(C(=O)O)c4)n[nH]3)n2)on1.Cl. The Hall–Kier alpha value is -4.12. The Kier molecular flexibility index (Phi) is 6.90. The second-order valence-corrected chi connectivity index (χ2v) is 6.65. The van der Waals surface area contributed by atoms with Crippen LogP contribution in [0, 0.1) is 6.92 Å². The number of rotatable bonds is 8. The highest BCUT2D eigenvalue weighted by Crippen LogP contribution is 2.23. The van der Waals surface area contributed by atoms with E-state index in [-0.39, 0.29) is 24.6 Å². The fourth-order valence-electron chi connectivity index (χ4n) is 2.72. The van der Waals surface area contributed by atoms with Gasteiger partial charge in [-0.15, -0.1) is 17.5 Å². The fraction of sp³-hybridized carbons (Fsp3) is 0.150. The molecule has 4 rings (SSSR count). The molecule has 0 aliphatic heterocycles. The lowest BCUT2D eigenvalue weighted by Gasteiger charge is -2.13. The minimum atomic E-state index is -0.985. The quantitative estimate of drug-likeness (QED) is 0.358. The van der Waals surface area contributed by atoms with Crippen LogP contribution in [-0.4, -0.2) is 43.4 Å². The molecule has 0 unspecified atom stereocenters. The van der Waals surface area contributed by atoms with E-state index in [0.29, 0.717) is 29.3 Å². The highest BCUT2D eigenvalue weighted by atomic mass is 35.5. The maximum absolute atomic E-state index is 11.1. The number of hydrogen-bond acceptors (Lipinski definition) is 9. The van der Waals surface area contributed by atoms with Gasteiger partial charge in [-0.05, 0) is 30.7 Å². The van der Waals surface area contributed by atoms with Crippen molar-refractivity contribution in [2.24, 2.45) is 0 Å². The van der Waals surface area contributed by atoms with Gasteiger partial charge in [0.1, 0.15) is 18.2 Å². The number of halogens is 1. The number of aromatic amines is 1. The van der Waals surface area contributed by atoms with Crippen molar-refractivity contribution in [1.82, 2.24) is 25.3 Å². The zero-order chi connectivity index (χ0) is 21.8. The number of nitrogens with zero attached hydrogens (tertiary/aromatic N) is 5. The van der Waals surface area contributed by atoms with E-state index in [1.54, 1.807) is 54.5 Å². The van der Waals surface area contributed by atoms with E-state index in [9.17, 15) is 4.79 Å². The largest absolute Gasteiger partial charge is 0.478 e. The number of carboxylic acid groups (broad SMARTS) is 1. The van der Waals surface area contributed by atoms with Crippen LogP contribution in [0.25, 0.3) is 0 Å². The number of aryl methyl sites for hydroxylation is 1. The number of H-pyrrole nitrogens is 1. The smallest absolute Gasteiger partial charge is 0.335 e. The summed E-state index contributed by atoms with van der Waals surface area (Å²) in [6.07, 6.45) is 1.62. The number of nitrogens with one attached hydrogen (secondary N) is 2. The minimum Gasteiger partial charge on any atom is -0.478 e. The predicted octanol–water partition coefficient (Wildman–Crippen LogP) is 3.71. The average molecular weight is 458 g/mol. The first-order valence-corrected chi connectivity index (χ1v) is 9.25. The van der Waals surface area contributed by atoms with Gasteiger partial charge in [0.05, 0.1) is 11.3 Å². The first-order chi connectivity index (χ1) is 15.0. The predicted molar refractivity (Wildman–Crippen MR) is 118 cm³/mol. The summed E-state index contributed by atoms with van der Waals surface area (Å²) in [6, 6.07) is 11.7. The van der Waals surface area contributed by atoms with Crippen molar-refractivity contribution in [3.8, 4) is 5.88 Å². The maximum atomic E-state index is 11.1. The van der Waals surface area contributed by atoms with Crippen LogP contribution in [0.15, 0.2) is 53.2 Å². The van der Waals surface area contributed by atoms with Gasteiger partial charge in [-0.1, -0.05) is 17.3 Å². The van der Waals surface area contributed by atoms with Crippen molar-refractivity contribution in [2.45, 2.75) is 13.5 Å². The van der Waals surface area contributed by atoms with Gasteiger partial charge in [0.2, 0.25) is 17.7 Å². The molecule has 0 spiro atoms. The highest BCUT2D eigenvalue weighted by molar-refractivity contribution is 5.87. The van der Waals surface area contributed by atoms with Gasteiger partial charge in [-0.25, -0.2) is 9.78 Å². The van der Waals surface area contributed by atoms with Crippen molar-refractivity contribution in [3.63, 3.8) is 0 Å². The summed E-state index contributed by atoms with van der Waals surface area (Å²) in [5.41, 5.74) is 1.69. The lowest BCUT2D eigenvalue weighted by atomic mass is 10.1. The molecular formula is C20H20ClN7O4. The third-order valence-electron chi connectivity index (χ3n) is 4.27. The number of aromatic carboxylic acids is 1. The third-order valence-corrected chi connectivity index (χ3v) is 4.27. The van der Waals surface area contributed by atoms with Crippen LogP contribution in [0.1, 0.15) is 21.6 Å². The van der Waals surface area contributed by atoms with Crippen molar-refractivity contribution < 1.29 is 19.2 Å². The summed E-state index contributed by atoms with van der Waals surface area (Å²) in [6.45, 7) is 2.02.